The predicted molar refractivity (Wildman–Crippen MR) is 91.1 cm³/mol. The van der Waals surface area contributed by atoms with Gasteiger partial charge in [0.1, 0.15) is 17.6 Å². The van der Waals surface area contributed by atoms with Crippen LogP contribution in [0.15, 0.2) is 54.7 Å². The van der Waals surface area contributed by atoms with Gasteiger partial charge in [-0.1, -0.05) is 12.1 Å². The number of aromatic nitrogens is 1. The standard InChI is InChI=1S/C19H21NO3/c1-14(16-4-3-5-17(12-16)22-2)23-18-7-6-15-8-9-20(10-11-21)19(15)13-18/h3-9,12-14,21H,10-11H2,1-2H3. The van der Waals surface area contributed by atoms with E-state index in [1.165, 1.54) is 0 Å². The molecule has 0 saturated carbocycles. The highest BCUT2D eigenvalue weighted by Gasteiger charge is 2.10. The van der Waals surface area contributed by atoms with Gasteiger partial charge in [0.25, 0.3) is 0 Å². The third kappa shape index (κ3) is 3.32. The minimum Gasteiger partial charge on any atom is -0.497 e. The number of aliphatic hydroxyl groups excluding tert-OH is 1. The predicted octanol–water partition coefficient (Wildman–Crippen LogP) is 3.78. The fraction of sp³-hybridized carbons (Fsp3) is 0.263. The van der Waals surface area contributed by atoms with Crippen molar-refractivity contribution in [3.8, 4) is 11.5 Å². The Balaban J connectivity index is 1.83. The summed E-state index contributed by atoms with van der Waals surface area (Å²) in [6, 6.07) is 16.0. The summed E-state index contributed by atoms with van der Waals surface area (Å²) in [5.41, 5.74) is 2.13. The molecule has 1 unspecified atom stereocenters. The highest BCUT2D eigenvalue weighted by atomic mass is 16.5. The lowest BCUT2D eigenvalue weighted by molar-refractivity contribution is 0.226. The quantitative estimate of drug-likeness (QED) is 0.753. The van der Waals surface area contributed by atoms with Crippen molar-refractivity contribution < 1.29 is 14.6 Å². The Morgan fingerprint density at radius 3 is 2.74 bits per heavy atom. The molecule has 0 aliphatic carbocycles. The van der Waals surface area contributed by atoms with Crippen LogP contribution in [0.25, 0.3) is 10.9 Å². The fourth-order valence-corrected chi connectivity index (χ4v) is 2.71. The molecule has 1 N–H and O–H groups in total. The summed E-state index contributed by atoms with van der Waals surface area (Å²) in [5.74, 6) is 1.64. The lowest BCUT2D eigenvalue weighted by Gasteiger charge is -2.16. The largest absolute Gasteiger partial charge is 0.497 e. The molecule has 3 aromatic rings. The highest BCUT2D eigenvalue weighted by Crippen LogP contribution is 2.27. The summed E-state index contributed by atoms with van der Waals surface area (Å²) in [4.78, 5) is 0. The second-order valence-electron chi connectivity index (χ2n) is 5.49. The van der Waals surface area contributed by atoms with E-state index in [9.17, 15) is 0 Å². The molecular weight excluding hydrogens is 290 g/mol. The number of methoxy groups -OCH3 is 1. The van der Waals surface area contributed by atoms with Crippen LogP contribution < -0.4 is 9.47 Å². The number of fused-ring (bicyclic) bond motifs is 1. The van der Waals surface area contributed by atoms with Crippen LogP contribution in [0.3, 0.4) is 0 Å². The van der Waals surface area contributed by atoms with Gasteiger partial charge < -0.3 is 19.1 Å². The van der Waals surface area contributed by atoms with Crippen LogP contribution in [0.1, 0.15) is 18.6 Å². The number of hydrogen-bond acceptors (Lipinski definition) is 3. The Morgan fingerprint density at radius 1 is 1.09 bits per heavy atom. The normalized spacial score (nSPS) is 12.3. The Hall–Kier alpha value is -2.46. The zero-order valence-corrected chi connectivity index (χ0v) is 13.4. The van der Waals surface area contributed by atoms with Gasteiger partial charge >= 0.3 is 0 Å². The Bertz CT molecular complexity index is 794. The number of hydrogen-bond donors (Lipinski definition) is 1. The van der Waals surface area contributed by atoms with Crippen LogP contribution in [-0.4, -0.2) is 23.4 Å². The van der Waals surface area contributed by atoms with Crippen LogP contribution in [0.4, 0.5) is 0 Å². The molecule has 1 aromatic heterocycles. The molecule has 23 heavy (non-hydrogen) atoms. The number of nitrogens with zero attached hydrogens (tertiary/aromatic N) is 1. The molecule has 0 amide bonds. The maximum absolute atomic E-state index is 9.15. The fourth-order valence-electron chi connectivity index (χ4n) is 2.71. The third-order valence-electron chi connectivity index (χ3n) is 3.96. The monoisotopic (exact) mass is 311 g/mol. The molecule has 0 fully saturated rings. The average Bonchev–Trinajstić information content (AvgIpc) is 2.98. The molecule has 0 bridgehead atoms. The second kappa shape index (κ2) is 6.75. The van der Waals surface area contributed by atoms with Crippen molar-refractivity contribution in [1.82, 2.24) is 4.57 Å². The van der Waals surface area contributed by atoms with E-state index in [1.807, 2.05) is 66.2 Å². The van der Waals surface area contributed by atoms with Crippen LogP contribution in [0.2, 0.25) is 0 Å². The molecule has 0 spiro atoms. The average molecular weight is 311 g/mol. The molecule has 120 valence electrons. The Kier molecular flexibility index (Phi) is 4.53. The third-order valence-corrected chi connectivity index (χ3v) is 3.96. The topological polar surface area (TPSA) is 43.6 Å². The first-order valence-electron chi connectivity index (χ1n) is 7.71. The van der Waals surface area contributed by atoms with E-state index < -0.39 is 0 Å². The molecule has 0 saturated heterocycles. The summed E-state index contributed by atoms with van der Waals surface area (Å²) in [5, 5.41) is 10.3. The molecule has 0 aliphatic heterocycles. The smallest absolute Gasteiger partial charge is 0.122 e. The number of aliphatic hydroxyl groups is 1. The molecule has 0 aliphatic rings. The van der Waals surface area contributed by atoms with Gasteiger partial charge in [-0.25, -0.2) is 0 Å². The molecule has 4 heteroatoms. The molecule has 2 aromatic carbocycles. The molecule has 0 radical (unpaired) electrons. The minimum absolute atomic E-state index is 0.0798. The summed E-state index contributed by atoms with van der Waals surface area (Å²) >= 11 is 0. The van der Waals surface area contributed by atoms with Gasteiger partial charge in [-0.2, -0.15) is 0 Å². The van der Waals surface area contributed by atoms with Crippen LogP contribution in [0, 0.1) is 0 Å². The second-order valence-corrected chi connectivity index (χ2v) is 5.49. The lowest BCUT2D eigenvalue weighted by atomic mass is 10.1. The van der Waals surface area contributed by atoms with E-state index in [1.54, 1.807) is 7.11 Å². The molecule has 3 rings (SSSR count). The minimum atomic E-state index is -0.0798. The Labute approximate surface area is 135 Å². The molecule has 1 atom stereocenters. The summed E-state index contributed by atoms with van der Waals surface area (Å²) < 4.78 is 13.4. The van der Waals surface area contributed by atoms with Crippen molar-refractivity contribution in [3.63, 3.8) is 0 Å². The van der Waals surface area contributed by atoms with Gasteiger partial charge in [0.05, 0.1) is 19.2 Å². The highest BCUT2D eigenvalue weighted by molar-refractivity contribution is 5.81. The van der Waals surface area contributed by atoms with Crippen molar-refractivity contribution in [1.29, 1.82) is 0 Å². The first-order valence-corrected chi connectivity index (χ1v) is 7.71. The van der Waals surface area contributed by atoms with E-state index in [-0.39, 0.29) is 12.7 Å². The van der Waals surface area contributed by atoms with E-state index in [0.717, 1.165) is 28.0 Å². The Morgan fingerprint density at radius 2 is 1.96 bits per heavy atom. The zero-order valence-electron chi connectivity index (χ0n) is 13.4. The number of ether oxygens (including phenoxy) is 2. The summed E-state index contributed by atoms with van der Waals surface area (Å²) in [6.07, 6.45) is 1.90. The van der Waals surface area contributed by atoms with Crippen molar-refractivity contribution in [2.24, 2.45) is 0 Å². The van der Waals surface area contributed by atoms with E-state index in [2.05, 4.69) is 0 Å². The summed E-state index contributed by atoms with van der Waals surface area (Å²) in [7, 11) is 1.66. The van der Waals surface area contributed by atoms with Crippen molar-refractivity contribution >= 4 is 10.9 Å². The van der Waals surface area contributed by atoms with Crippen LogP contribution >= 0.6 is 0 Å². The van der Waals surface area contributed by atoms with Gasteiger partial charge in [-0.05, 0) is 48.2 Å². The maximum atomic E-state index is 9.15. The van der Waals surface area contributed by atoms with Crippen LogP contribution in [-0.2, 0) is 6.54 Å². The van der Waals surface area contributed by atoms with Gasteiger partial charge in [0.15, 0.2) is 0 Å². The first kappa shape index (κ1) is 15.4. The molecule has 4 nitrogen and oxygen atoms in total. The maximum Gasteiger partial charge on any atom is 0.122 e. The van der Waals surface area contributed by atoms with Crippen molar-refractivity contribution in [2.45, 2.75) is 19.6 Å². The van der Waals surface area contributed by atoms with Gasteiger partial charge in [-0.15, -0.1) is 0 Å². The van der Waals surface area contributed by atoms with Crippen LogP contribution in [0.5, 0.6) is 11.5 Å². The number of benzene rings is 2. The van der Waals surface area contributed by atoms with E-state index in [0.29, 0.717) is 6.54 Å². The van der Waals surface area contributed by atoms with Gasteiger partial charge in [0, 0.05) is 18.8 Å². The van der Waals surface area contributed by atoms with Crippen molar-refractivity contribution in [3.05, 3.63) is 60.3 Å². The lowest BCUT2D eigenvalue weighted by Crippen LogP contribution is -2.04. The van der Waals surface area contributed by atoms with E-state index >= 15 is 0 Å². The zero-order chi connectivity index (χ0) is 16.2. The first-order chi connectivity index (χ1) is 11.2. The van der Waals surface area contributed by atoms with Gasteiger partial charge in [-0.3, -0.25) is 0 Å². The molecular formula is C19H21NO3. The van der Waals surface area contributed by atoms with Gasteiger partial charge in [0.2, 0.25) is 0 Å². The SMILES string of the molecule is COc1cccc(C(C)Oc2ccc3ccn(CCO)c3c2)c1. The van der Waals surface area contributed by atoms with Crippen molar-refractivity contribution in [2.75, 3.05) is 13.7 Å². The number of rotatable bonds is 6. The molecule has 1 heterocycles. The van der Waals surface area contributed by atoms with E-state index in [4.69, 9.17) is 14.6 Å². The summed E-state index contributed by atoms with van der Waals surface area (Å²) in [6.45, 7) is 2.72.